The summed E-state index contributed by atoms with van der Waals surface area (Å²) in [6, 6.07) is 0.742. The molecule has 0 fully saturated rings. The van der Waals surface area contributed by atoms with Gasteiger partial charge in [-0.2, -0.15) is 4.98 Å². The van der Waals surface area contributed by atoms with Crippen LogP contribution in [0.1, 0.15) is 12.0 Å². The van der Waals surface area contributed by atoms with Gasteiger partial charge in [-0.3, -0.25) is 0 Å². The Balaban J connectivity index is 3.10. The molecule has 90 valence electrons. The van der Waals surface area contributed by atoms with E-state index in [2.05, 4.69) is 9.72 Å². The van der Waals surface area contributed by atoms with Gasteiger partial charge in [0.25, 0.3) is 6.43 Å². The summed E-state index contributed by atoms with van der Waals surface area (Å²) in [5.41, 5.74) is 4.50. The Kier molecular flexibility index (Phi) is 3.76. The largest absolute Gasteiger partial charge is 0.574 e. The van der Waals surface area contributed by atoms with Crippen molar-refractivity contribution in [3.8, 4) is 5.88 Å². The van der Waals surface area contributed by atoms with Crippen LogP contribution in [-0.4, -0.2) is 11.3 Å². The second-order valence-electron chi connectivity index (χ2n) is 2.59. The van der Waals surface area contributed by atoms with Crippen LogP contribution in [0.15, 0.2) is 6.07 Å². The van der Waals surface area contributed by atoms with Crippen molar-refractivity contribution in [3.05, 3.63) is 15.2 Å². The molecule has 1 heterocycles. The second-order valence-corrected chi connectivity index (χ2v) is 3.75. The molecule has 16 heavy (non-hydrogen) atoms. The fourth-order valence-corrected chi connectivity index (χ4v) is 1.68. The summed E-state index contributed by atoms with van der Waals surface area (Å²) >= 11 is 1.43. The zero-order valence-corrected chi connectivity index (χ0v) is 9.51. The van der Waals surface area contributed by atoms with Gasteiger partial charge in [-0.1, -0.05) is 0 Å². The minimum Gasteiger partial charge on any atom is -0.388 e. The SMILES string of the molecule is Nc1nc(OC(F)(F)F)cc(I)c1C(F)F. The lowest BCUT2D eigenvalue weighted by Gasteiger charge is -2.11. The number of pyridine rings is 1. The van der Waals surface area contributed by atoms with Crippen LogP contribution in [0, 0.1) is 3.57 Å². The number of rotatable bonds is 2. The molecule has 1 aromatic heterocycles. The van der Waals surface area contributed by atoms with Gasteiger partial charge < -0.3 is 10.5 Å². The molecule has 0 aromatic carbocycles. The van der Waals surface area contributed by atoms with E-state index in [4.69, 9.17) is 5.73 Å². The third-order valence-electron chi connectivity index (χ3n) is 1.45. The minimum atomic E-state index is -4.94. The van der Waals surface area contributed by atoms with E-state index in [1.807, 2.05) is 0 Å². The fourth-order valence-electron chi connectivity index (χ4n) is 0.907. The van der Waals surface area contributed by atoms with E-state index in [1.165, 1.54) is 22.6 Å². The molecule has 2 N–H and O–H groups in total. The lowest BCUT2D eigenvalue weighted by atomic mass is 10.2. The number of anilines is 1. The topological polar surface area (TPSA) is 48.1 Å². The van der Waals surface area contributed by atoms with Gasteiger partial charge in [0, 0.05) is 9.64 Å². The van der Waals surface area contributed by atoms with Gasteiger partial charge in [-0.15, -0.1) is 13.2 Å². The van der Waals surface area contributed by atoms with Crippen molar-refractivity contribution < 1.29 is 26.7 Å². The highest BCUT2D eigenvalue weighted by atomic mass is 127. The van der Waals surface area contributed by atoms with Crippen molar-refractivity contribution in [1.82, 2.24) is 4.98 Å². The Morgan fingerprint density at radius 3 is 2.31 bits per heavy atom. The van der Waals surface area contributed by atoms with Crippen LogP contribution in [0.2, 0.25) is 0 Å². The third kappa shape index (κ3) is 3.32. The van der Waals surface area contributed by atoms with Gasteiger partial charge in [0.15, 0.2) is 0 Å². The number of hydrogen-bond acceptors (Lipinski definition) is 3. The van der Waals surface area contributed by atoms with E-state index in [9.17, 15) is 22.0 Å². The van der Waals surface area contributed by atoms with E-state index in [-0.39, 0.29) is 3.57 Å². The van der Waals surface area contributed by atoms with Gasteiger partial charge in [0.2, 0.25) is 5.88 Å². The summed E-state index contributed by atoms with van der Waals surface area (Å²) in [5.74, 6) is -1.54. The van der Waals surface area contributed by atoms with Crippen LogP contribution in [0.4, 0.5) is 27.8 Å². The maximum absolute atomic E-state index is 12.4. The van der Waals surface area contributed by atoms with Crippen molar-refractivity contribution >= 4 is 28.4 Å². The number of nitrogens with two attached hydrogens (primary N) is 1. The molecular weight excluding hydrogens is 350 g/mol. The molecule has 0 aliphatic rings. The molecule has 0 aliphatic heterocycles. The first-order valence-electron chi connectivity index (χ1n) is 3.70. The van der Waals surface area contributed by atoms with Gasteiger partial charge in [0.1, 0.15) is 5.82 Å². The number of nitrogen functional groups attached to an aromatic ring is 1. The lowest BCUT2D eigenvalue weighted by Crippen LogP contribution is -2.18. The quantitative estimate of drug-likeness (QED) is 0.656. The van der Waals surface area contributed by atoms with Crippen molar-refractivity contribution in [2.24, 2.45) is 0 Å². The predicted molar refractivity (Wildman–Crippen MR) is 53.0 cm³/mol. The monoisotopic (exact) mass is 354 g/mol. The Labute approximate surface area is 99.9 Å². The maximum atomic E-state index is 12.4. The molecule has 0 amide bonds. The van der Waals surface area contributed by atoms with E-state index in [0.29, 0.717) is 0 Å². The van der Waals surface area contributed by atoms with Gasteiger partial charge in [-0.05, 0) is 22.6 Å². The number of hydrogen-bond donors (Lipinski definition) is 1. The first-order chi connectivity index (χ1) is 7.20. The smallest absolute Gasteiger partial charge is 0.388 e. The van der Waals surface area contributed by atoms with Crippen molar-refractivity contribution in [3.63, 3.8) is 0 Å². The first kappa shape index (κ1) is 13.2. The molecule has 3 nitrogen and oxygen atoms in total. The summed E-state index contributed by atoms with van der Waals surface area (Å²) in [5, 5.41) is 0. The molecule has 0 bridgehead atoms. The Morgan fingerprint density at radius 1 is 1.38 bits per heavy atom. The van der Waals surface area contributed by atoms with Crippen LogP contribution >= 0.6 is 22.6 Å². The normalized spacial score (nSPS) is 11.9. The van der Waals surface area contributed by atoms with E-state index in [0.717, 1.165) is 6.07 Å². The summed E-state index contributed by atoms with van der Waals surface area (Å²) in [4.78, 5) is 3.09. The Hall–Kier alpha value is -0.870. The fraction of sp³-hybridized carbons (Fsp3) is 0.286. The summed E-state index contributed by atoms with van der Waals surface area (Å²) in [7, 11) is 0. The van der Waals surface area contributed by atoms with Crippen LogP contribution in [0.3, 0.4) is 0 Å². The van der Waals surface area contributed by atoms with Crippen LogP contribution in [-0.2, 0) is 0 Å². The highest BCUT2D eigenvalue weighted by molar-refractivity contribution is 14.1. The molecule has 0 saturated carbocycles. The van der Waals surface area contributed by atoms with Crippen LogP contribution in [0.5, 0.6) is 5.88 Å². The van der Waals surface area contributed by atoms with E-state index in [1.54, 1.807) is 0 Å². The van der Waals surface area contributed by atoms with Crippen LogP contribution in [0.25, 0.3) is 0 Å². The van der Waals surface area contributed by atoms with Crippen molar-refractivity contribution in [2.75, 3.05) is 5.73 Å². The van der Waals surface area contributed by atoms with Crippen molar-refractivity contribution in [1.29, 1.82) is 0 Å². The zero-order valence-electron chi connectivity index (χ0n) is 7.36. The molecule has 0 unspecified atom stereocenters. The van der Waals surface area contributed by atoms with Crippen molar-refractivity contribution in [2.45, 2.75) is 12.8 Å². The summed E-state index contributed by atoms with van der Waals surface area (Å²) < 4.78 is 63.5. The molecule has 1 rings (SSSR count). The number of alkyl halides is 5. The van der Waals surface area contributed by atoms with E-state index < -0.39 is 30.0 Å². The third-order valence-corrected chi connectivity index (χ3v) is 2.35. The number of halogens is 6. The maximum Gasteiger partial charge on any atom is 0.574 e. The second kappa shape index (κ2) is 4.55. The molecule has 0 radical (unpaired) electrons. The molecule has 0 spiro atoms. The molecule has 0 saturated heterocycles. The number of aromatic nitrogens is 1. The highest BCUT2D eigenvalue weighted by Crippen LogP contribution is 2.32. The number of nitrogens with zero attached hydrogens (tertiary/aromatic N) is 1. The molecule has 9 heteroatoms. The average molecular weight is 354 g/mol. The molecule has 1 aromatic rings. The van der Waals surface area contributed by atoms with Gasteiger partial charge in [-0.25, -0.2) is 8.78 Å². The number of ether oxygens (including phenoxy) is 1. The van der Waals surface area contributed by atoms with Crippen LogP contribution < -0.4 is 10.5 Å². The van der Waals surface area contributed by atoms with Gasteiger partial charge >= 0.3 is 6.36 Å². The Morgan fingerprint density at radius 2 is 1.94 bits per heavy atom. The molecular formula is C7H4F5IN2O. The zero-order chi connectivity index (χ0) is 12.5. The molecule has 0 aliphatic carbocycles. The standard InChI is InChI=1S/C7H4F5IN2O/c8-5(9)4-2(13)1-3(15-6(4)14)16-7(10,11)12/h1,5H,(H2,14,15). The first-order valence-corrected chi connectivity index (χ1v) is 4.78. The minimum absolute atomic E-state index is 0.139. The lowest BCUT2D eigenvalue weighted by molar-refractivity contribution is -0.276. The Bertz CT molecular complexity index is 372. The summed E-state index contributed by atoms with van der Waals surface area (Å²) in [6.07, 6.45) is -7.84. The van der Waals surface area contributed by atoms with Gasteiger partial charge in [0.05, 0.1) is 5.56 Å². The van der Waals surface area contributed by atoms with E-state index >= 15 is 0 Å². The summed E-state index contributed by atoms with van der Waals surface area (Å²) in [6.45, 7) is 0. The highest BCUT2D eigenvalue weighted by Gasteiger charge is 2.32. The average Bonchev–Trinajstić information content (AvgIpc) is 1.96. The predicted octanol–water partition coefficient (Wildman–Crippen LogP) is 3.10. The molecule has 0 atom stereocenters.